The lowest BCUT2D eigenvalue weighted by atomic mass is 9.95. The highest BCUT2D eigenvalue weighted by molar-refractivity contribution is 6.28. The maximum atomic E-state index is 13.2. The number of rotatable bonds is 8. The predicted molar refractivity (Wildman–Crippen MR) is 160 cm³/mol. The van der Waals surface area contributed by atoms with Crippen molar-refractivity contribution in [3.8, 4) is 0 Å². The molecule has 1 aromatic heterocycles. The molecule has 1 amide bonds. The minimum Gasteiger partial charge on any atom is -0.465 e. The fraction of sp³-hybridized carbons (Fsp3) is 0.312. The highest BCUT2D eigenvalue weighted by Gasteiger charge is 2.28. The largest absolute Gasteiger partial charge is 0.465 e. The summed E-state index contributed by atoms with van der Waals surface area (Å²) >= 11 is 0. The van der Waals surface area contributed by atoms with Gasteiger partial charge in [-0.1, -0.05) is 42.5 Å². The minimum atomic E-state index is -0.440. The van der Waals surface area contributed by atoms with Crippen molar-refractivity contribution in [3.05, 3.63) is 89.1 Å². The van der Waals surface area contributed by atoms with Gasteiger partial charge in [-0.15, -0.1) is 0 Å². The number of hydrogen-bond donors (Lipinski definition) is 1. The van der Waals surface area contributed by atoms with Gasteiger partial charge in [0.1, 0.15) is 5.82 Å². The topological polar surface area (TPSA) is 95.1 Å². The van der Waals surface area contributed by atoms with Crippen LogP contribution in [0.2, 0.25) is 0 Å². The second kappa shape index (κ2) is 12.4. The van der Waals surface area contributed by atoms with Gasteiger partial charge in [0, 0.05) is 44.7 Å². The minimum absolute atomic E-state index is 0.0925. The molecule has 0 radical (unpaired) electrons. The van der Waals surface area contributed by atoms with Gasteiger partial charge in [0.2, 0.25) is 5.91 Å². The second-order valence-corrected chi connectivity index (χ2v) is 10.4. The Balaban J connectivity index is 1.43. The van der Waals surface area contributed by atoms with E-state index in [1.165, 1.54) is 14.0 Å². The SMILES string of the molecule is COC(=O)c1ccc(/C(C(C)=O)=C(/Nc2ccc3c(n2)CCN3C(=O)CN2CCN(C)CC2)c2ccccc2)cc1. The van der Waals surface area contributed by atoms with Crippen LogP contribution in [0, 0.1) is 0 Å². The number of nitrogens with one attached hydrogen (secondary N) is 1. The molecule has 0 atom stereocenters. The molecule has 2 aromatic carbocycles. The van der Waals surface area contributed by atoms with Crippen molar-refractivity contribution in [2.24, 2.45) is 0 Å². The van der Waals surface area contributed by atoms with Gasteiger partial charge >= 0.3 is 5.97 Å². The molecule has 2 aliphatic rings. The van der Waals surface area contributed by atoms with E-state index in [-0.39, 0.29) is 11.7 Å². The number of likely N-dealkylation sites (N-methyl/N-ethyl adjacent to an activating group) is 1. The first-order valence-electron chi connectivity index (χ1n) is 13.8. The third-order valence-corrected chi connectivity index (χ3v) is 7.58. The van der Waals surface area contributed by atoms with E-state index in [0.717, 1.165) is 43.1 Å². The zero-order valence-electron chi connectivity index (χ0n) is 23.7. The van der Waals surface area contributed by atoms with E-state index in [4.69, 9.17) is 9.72 Å². The molecular formula is C32H35N5O4. The summed E-state index contributed by atoms with van der Waals surface area (Å²) < 4.78 is 4.81. The van der Waals surface area contributed by atoms with Crippen molar-refractivity contribution in [1.82, 2.24) is 14.8 Å². The molecule has 0 bridgehead atoms. The summed E-state index contributed by atoms with van der Waals surface area (Å²) in [6.45, 7) is 6.25. The number of pyridine rings is 1. The number of carbonyl (C=O) groups excluding carboxylic acids is 3. The van der Waals surface area contributed by atoms with Crippen LogP contribution in [0.3, 0.4) is 0 Å². The zero-order chi connectivity index (χ0) is 28.9. The Bertz CT molecular complexity index is 1460. The molecule has 0 saturated carbocycles. The fourth-order valence-electron chi connectivity index (χ4n) is 5.30. The summed E-state index contributed by atoms with van der Waals surface area (Å²) in [5.74, 6) is 0.101. The Morgan fingerprint density at radius 2 is 1.54 bits per heavy atom. The van der Waals surface area contributed by atoms with E-state index < -0.39 is 5.97 Å². The van der Waals surface area contributed by atoms with Crippen molar-refractivity contribution in [1.29, 1.82) is 0 Å². The molecule has 2 aliphatic heterocycles. The van der Waals surface area contributed by atoms with Crippen molar-refractivity contribution in [2.45, 2.75) is 13.3 Å². The zero-order valence-corrected chi connectivity index (χ0v) is 23.7. The lowest BCUT2D eigenvalue weighted by Gasteiger charge is -2.32. The number of ketones is 1. The number of allylic oxidation sites excluding steroid dienone is 1. The smallest absolute Gasteiger partial charge is 0.337 e. The molecule has 1 N–H and O–H groups in total. The first-order chi connectivity index (χ1) is 19.8. The third-order valence-electron chi connectivity index (χ3n) is 7.58. The molecule has 3 heterocycles. The first-order valence-corrected chi connectivity index (χ1v) is 13.8. The Morgan fingerprint density at radius 3 is 2.20 bits per heavy atom. The van der Waals surface area contributed by atoms with Crippen molar-refractivity contribution >= 4 is 40.4 Å². The molecule has 212 valence electrons. The Labute approximate surface area is 240 Å². The number of Topliss-reactive ketones (excluding diaryl/α,β-unsaturated/α-hetero) is 1. The summed E-state index contributed by atoms with van der Waals surface area (Å²) in [6.07, 6.45) is 0.665. The van der Waals surface area contributed by atoms with Gasteiger partial charge in [0.15, 0.2) is 5.78 Å². The molecule has 1 fully saturated rings. The van der Waals surface area contributed by atoms with Crippen LogP contribution >= 0.6 is 0 Å². The number of aromatic nitrogens is 1. The van der Waals surface area contributed by atoms with Gasteiger partial charge in [0.05, 0.1) is 36.3 Å². The van der Waals surface area contributed by atoms with Gasteiger partial charge < -0.3 is 19.9 Å². The molecular weight excluding hydrogens is 518 g/mol. The highest BCUT2D eigenvalue weighted by Crippen LogP contribution is 2.32. The van der Waals surface area contributed by atoms with Crippen LogP contribution in [0.15, 0.2) is 66.7 Å². The van der Waals surface area contributed by atoms with Crippen LogP contribution < -0.4 is 10.2 Å². The van der Waals surface area contributed by atoms with Crippen LogP contribution in [0.5, 0.6) is 0 Å². The maximum Gasteiger partial charge on any atom is 0.337 e. The van der Waals surface area contributed by atoms with E-state index >= 15 is 0 Å². The van der Waals surface area contributed by atoms with Crippen molar-refractivity contribution < 1.29 is 19.1 Å². The monoisotopic (exact) mass is 553 g/mol. The quantitative estimate of drug-likeness (QED) is 0.257. The lowest BCUT2D eigenvalue weighted by molar-refractivity contribution is -0.120. The molecule has 1 saturated heterocycles. The number of carbonyl (C=O) groups is 3. The standard InChI is InChI=1S/C32H35N5O4/c1-22(38)30(23-9-11-25(12-10-23)32(40)41-3)31(24-7-5-4-6-8-24)34-28-14-13-27-26(33-28)15-16-37(27)29(39)21-36-19-17-35(2)18-20-36/h4-14H,15-21H2,1-3H3,(H,33,34)/b31-30+. The summed E-state index contributed by atoms with van der Waals surface area (Å²) in [6, 6.07) is 20.2. The summed E-state index contributed by atoms with van der Waals surface area (Å²) in [7, 11) is 3.44. The van der Waals surface area contributed by atoms with Gasteiger partial charge in [-0.2, -0.15) is 0 Å². The maximum absolute atomic E-state index is 13.2. The third kappa shape index (κ3) is 6.37. The van der Waals surface area contributed by atoms with Crippen molar-refractivity contribution in [3.63, 3.8) is 0 Å². The van der Waals surface area contributed by atoms with Crippen LogP contribution in [0.25, 0.3) is 11.3 Å². The number of nitrogens with zero attached hydrogens (tertiary/aromatic N) is 4. The Morgan fingerprint density at radius 1 is 0.854 bits per heavy atom. The van der Waals surface area contributed by atoms with Gasteiger partial charge in [0.25, 0.3) is 0 Å². The molecule has 5 rings (SSSR count). The summed E-state index contributed by atoms with van der Waals surface area (Å²) in [5.41, 5.74) is 4.65. The first kappa shape index (κ1) is 28.2. The number of fused-ring (bicyclic) bond motifs is 1. The summed E-state index contributed by atoms with van der Waals surface area (Å²) in [4.78, 5) is 49.3. The van der Waals surface area contributed by atoms with Gasteiger partial charge in [-0.05, 0) is 49.4 Å². The second-order valence-electron chi connectivity index (χ2n) is 10.4. The number of benzene rings is 2. The van der Waals surface area contributed by atoms with E-state index in [9.17, 15) is 14.4 Å². The number of piperazine rings is 1. The number of anilines is 2. The van der Waals surface area contributed by atoms with E-state index in [1.807, 2.05) is 47.4 Å². The highest BCUT2D eigenvalue weighted by atomic mass is 16.5. The van der Waals surface area contributed by atoms with E-state index in [2.05, 4.69) is 22.2 Å². The lowest BCUT2D eigenvalue weighted by Crippen LogP contribution is -2.48. The van der Waals surface area contributed by atoms with Crippen LogP contribution in [0.4, 0.5) is 11.5 Å². The normalized spacial score (nSPS) is 16.1. The number of ether oxygens (including phenoxy) is 1. The predicted octanol–water partition coefficient (Wildman–Crippen LogP) is 3.57. The number of esters is 1. The Hall–Kier alpha value is -4.34. The average Bonchev–Trinajstić information content (AvgIpc) is 3.42. The van der Waals surface area contributed by atoms with Crippen molar-refractivity contribution in [2.75, 3.05) is 63.6 Å². The molecule has 0 aliphatic carbocycles. The number of methoxy groups -OCH3 is 1. The van der Waals surface area contributed by atoms with Gasteiger partial charge in [-0.3, -0.25) is 14.5 Å². The summed E-state index contributed by atoms with van der Waals surface area (Å²) in [5, 5.41) is 3.41. The molecule has 9 heteroatoms. The number of amides is 1. The molecule has 41 heavy (non-hydrogen) atoms. The fourth-order valence-corrected chi connectivity index (χ4v) is 5.30. The molecule has 3 aromatic rings. The van der Waals surface area contributed by atoms with E-state index in [0.29, 0.717) is 47.7 Å². The van der Waals surface area contributed by atoms with Crippen LogP contribution in [0.1, 0.15) is 34.1 Å². The van der Waals surface area contributed by atoms with E-state index in [1.54, 1.807) is 24.3 Å². The number of hydrogen-bond acceptors (Lipinski definition) is 8. The molecule has 0 unspecified atom stereocenters. The average molecular weight is 554 g/mol. The Kier molecular flexibility index (Phi) is 8.56. The van der Waals surface area contributed by atoms with Crippen LogP contribution in [-0.4, -0.2) is 85.9 Å². The van der Waals surface area contributed by atoms with Gasteiger partial charge in [-0.25, -0.2) is 9.78 Å². The molecule has 9 nitrogen and oxygen atoms in total. The van der Waals surface area contributed by atoms with Crippen LogP contribution in [-0.2, 0) is 20.7 Å². The molecule has 0 spiro atoms.